The topological polar surface area (TPSA) is 22.3 Å². The summed E-state index contributed by atoms with van der Waals surface area (Å²) in [6.07, 6.45) is 4.93. The molecular formula is C32H41N3. The third kappa shape index (κ3) is 5.73. The number of H-pyrrole nitrogens is 1. The van der Waals surface area contributed by atoms with Crippen LogP contribution in [0.5, 0.6) is 0 Å². The summed E-state index contributed by atoms with van der Waals surface area (Å²) in [5.74, 6) is 0.160. The second kappa shape index (κ2) is 11.5. The van der Waals surface area contributed by atoms with Crippen molar-refractivity contribution in [2.75, 3.05) is 37.0 Å². The molecule has 184 valence electrons. The number of unbranched alkanes of at least 4 members (excludes halogenated alkanes) is 2. The van der Waals surface area contributed by atoms with Crippen LogP contribution in [0.4, 0.5) is 11.4 Å². The van der Waals surface area contributed by atoms with E-state index in [1.807, 2.05) is 0 Å². The van der Waals surface area contributed by atoms with Crippen LogP contribution >= 0.6 is 0 Å². The molecule has 1 N–H and O–H groups in total. The van der Waals surface area contributed by atoms with Crippen LogP contribution in [0.3, 0.4) is 0 Å². The van der Waals surface area contributed by atoms with Gasteiger partial charge in [0, 0.05) is 55.7 Å². The number of nitrogens with one attached hydrogen (secondary N) is 1. The fourth-order valence-electron chi connectivity index (χ4n) is 4.99. The molecule has 3 heteroatoms. The fraction of sp³-hybridized carbons (Fsp3) is 0.375. The molecule has 0 aliphatic heterocycles. The average molecular weight is 468 g/mol. The summed E-state index contributed by atoms with van der Waals surface area (Å²) in [6, 6.07) is 27.0. The van der Waals surface area contributed by atoms with Gasteiger partial charge in [-0.3, -0.25) is 0 Å². The zero-order chi connectivity index (χ0) is 24.8. The number of para-hydroxylation sites is 1. The van der Waals surface area contributed by atoms with E-state index in [9.17, 15) is 0 Å². The van der Waals surface area contributed by atoms with Crippen LogP contribution in [0.15, 0.2) is 72.8 Å². The third-order valence-corrected chi connectivity index (χ3v) is 7.10. The molecule has 4 rings (SSSR count). The molecule has 0 saturated heterocycles. The lowest BCUT2D eigenvalue weighted by Gasteiger charge is -2.27. The Morgan fingerprint density at radius 1 is 0.771 bits per heavy atom. The van der Waals surface area contributed by atoms with Crippen molar-refractivity contribution in [2.24, 2.45) is 0 Å². The molecular weight excluding hydrogens is 426 g/mol. The van der Waals surface area contributed by atoms with Gasteiger partial charge in [0.2, 0.25) is 0 Å². The summed E-state index contributed by atoms with van der Waals surface area (Å²) in [5.41, 5.74) is 9.03. The number of fused-ring (bicyclic) bond motifs is 1. The maximum absolute atomic E-state index is 3.73. The number of hydrogen-bond donors (Lipinski definition) is 1. The van der Waals surface area contributed by atoms with Gasteiger partial charge in [0.1, 0.15) is 0 Å². The highest BCUT2D eigenvalue weighted by molar-refractivity contribution is 5.81. The lowest BCUT2D eigenvalue weighted by Crippen LogP contribution is -2.25. The molecule has 1 unspecified atom stereocenters. The lowest BCUT2D eigenvalue weighted by molar-refractivity contribution is 0.677. The number of benzene rings is 3. The van der Waals surface area contributed by atoms with Crippen molar-refractivity contribution in [3.63, 3.8) is 0 Å². The van der Waals surface area contributed by atoms with Crippen LogP contribution in [0, 0.1) is 6.92 Å². The Kier molecular flexibility index (Phi) is 8.17. The van der Waals surface area contributed by atoms with Crippen molar-refractivity contribution < 1.29 is 0 Å². The van der Waals surface area contributed by atoms with E-state index in [-0.39, 0.29) is 5.92 Å². The highest BCUT2D eigenvalue weighted by atomic mass is 15.1. The first-order chi connectivity index (χ1) is 17.0. The van der Waals surface area contributed by atoms with Crippen LogP contribution in [0.1, 0.15) is 67.8 Å². The minimum Gasteiger partial charge on any atom is -0.378 e. The molecule has 4 aromatic rings. The van der Waals surface area contributed by atoms with E-state index in [2.05, 4.69) is 122 Å². The summed E-state index contributed by atoms with van der Waals surface area (Å²) in [4.78, 5) is 8.46. The van der Waals surface area contributed by atoms with Crippen LogP contribution in [0.2, 0.25) is 0 Å². The molecule has 0 amide bonds. The first-order valence-electron chi connectivity index (χ1n) is 13.2. The highest BCUT2D eigenvalue weighted by Gasteiger charge is 2.22. The molecule has 0 radical (unpaired) electrons. The van der Waals surface area contributed by atoms with Crippen LogP contribution in [-0.4, -0.2) is 32.2 Å². The van der Waals surface area contributed by atoms with Crippen molar-refractivity contribution >= 4 is 22.3 Å². The van der Waals surface area contributed by atoms with Crippen LogP contribution in [0.25, 0.3) is 10.9 Å². The average Bonchev–Trinajstić information content (AvgIpc) is 3.29. The monoisotopic (exact) mass is 467 g/mol. The third-order valence-electron chi connectivity index (χ3n) is 7.10. The van der Waals surface area contributed by atoms with Gasteiger partial charge in [-0.2, -0.15) is 0 Å². The fourth-order valence-corrected chi connectivity index (χ4v) is 4.99. The molecule has 1 aromatic heterocycles. The molecule has 3 aromatic carbocycles. The Bertz CT molecular complexity index is 1180. The van der Waals surface area contributed by atoms with E-state index in [1.54, 1.807) is 0 Å². The Morgan fingerprint density at radius 2 is 1.43 bits per heavy atom. The zero-order valence-corrected chi connectivity index (χ0v) is 22.1. The Labute approximate surface area is 211 Å². The SMILES string of the molecule is CCCCN(CCCC)c1ccc(C(c2ccc(N(C)C)cc2)c2cc3ccccc3[nH]2)c(C)c1. The second-order valence-corrected chi connectivity index (χ2v) is 9.97. The Hall–Kier alpha value is -3.20. The summed E-state index contributed by atoms with van der Waals surface area (Å²) >= 11 is 0. The van der Waals surface area contributed by atoms with Gasteiger partial charge in [-0.15, -0.1) is 0 Å². The quantitative estimate of drug-likeness (QED) is 0.240. The summed E-state index contributed by atoms with van der Waals surface area (Å²) < 4.78 is 0. The normalized spacial score (nSPS) is 12.1. The number of anilines is 2. The van der Waals surface area contributed by atoms with Gasteiger partial charge in [0.15, 0.2) is 0 Å². The molecule has 1 heterocycles. The van der Waals surface area contributed by atoms with Crippen molar-refractivity contribution in [2.45, 2.75) is 52.4 Å². The number of nitrogens with zero attached hydrogens (tertiary/aromatic N) is 2. The second-order valence-electron chi connectivity index (χ2n) is 9.97. The standard InChI is InChI=1S/C32H41N3/c1-6-8-20-35(21-9-7-2)28-18-19-29(24(3)22-28)32(25-14-16-27(17-15-25)34(4)5)31-23-26-12-10-11-13-30(26)33-31/h10-19,22-23,32-33H,6-9,20-21H2,1-5H3. The number of aryl methyl sites for hydroxylation is 1. The van der Waals surface area contributed by atoms with Crippen LogP contribution in [-0.2, 0) is 0 Å². The lowest BCUT2D eigenvalue weighted by atomic mass is 9.85. The number of aromatic amines is 1. The largest absolute Gasteiger partial charge is 0.378 e. The van der Waals surface area contributed by atoms with E-state index in [4.69, 9.17) is 0 Å². The van der Waals surface area contributed by atoms with E-state index in [0.717, 1.165) is 13.1 Å². The van der Waals surface area contributed by atoms with Gasteiger partial charge in [-0.1, -0.05) is 63.1 Å². The van der Waals surface area contributed by atoms with E-state index >= 15 is 0 Å². The van der Waals surface area contributed by atoms with Gasteiger partial charge in [0.25, 0.3) is 0 Å². The van der Waals surface area contributed by atoms with E-state index < -0.39 is 0 Å². The van der Waals surface area contributed by atoms with Gasteiger partial charge >= 0.3 is 0 Å². The van der Waals surface area contributed by atoms with Crippen molar-refractivity contribution in [3.05, 3.63) is 95.2 Å². The molecule has 0 aliphatic rings. The number of rotatable bonds is 11. The van der Waals surface area contributed by atoms with Crippen molar-refractivity contribution in [3.8, 4) is 0 Å². The van der Waals surface area contributed by atoms with Gasteiger partial charge in [0.05, 0.1) is 0 Å². The van der Waals surface area contributed by atoms with Crippen LogP contribution < -0.4 is 9.80 Å². The predicted octanol–water partition coefficient (Wildman–Crippen LogP) is 8.13. The van der Waals surface area contributed by atoms with Gasteiger partial charge < -0.3 is 14.8 Å². The Morgan fingerprint density at radius 3 is 2.03 bits per heavy atom. The summed E-state index contributed by atoms with van der Waals surface area (Å²) in [5, 5.41) is 1.26. The van der Waals surface area contributed by atoms with Crippen molar-refractivity contribution in [1.82, 2.24) is 4.98 Å². The molecule has 0 aliphatic carbocycles. The minimum atomic E-state index is 0.160. The Balaban J connectivity index is 1.76. The first kappa shape index (κ1) is 24.9. The molecule has 0 fully saturated rings. The maximum Gasteiger partial charge on any atom is 0.0493 e. The number of hydrogen-bond acceptors (Lipinski definition) is 2. The smallest absolute Gasteiger partial charge is 0.0493 e. The predicted molar refractivity (Wildman–Crippen MR) is 153 cm³/mol. The van der Waals surface area contributed by atoms with Gasteiger partial charge in [-0.05, 0) is 78.2 Å². The minimum absolute atomic E-state index is 0.160. The number of aromatic nitrogens is 1. The zero-order valence-electron chi connectivity index (χ0n) is 22.1. The summed E-state index contributed by atoms with van der Waals surface area (Å²) in [6.45, 7) is 9.09. The highest BCUT2D eigenvalue weighted by Crippen LogP contribution is 2.37. The molecule has 0 saturated carbocycles. The van der Waals surface area contributed by atoms with Crippen molar-refractivity contribution in [1.29, 1.82) is 0 Å². The first-order valence-corrected chi connectivity index (χ1v) is 13.2. The molecule has 0 bridgehead atoms. The molecule has 3 nitrogen and oxygen atoms in total. The van der Waals surface area contributed by atoms with E-state index in [0.29, 0.717) is 0 Å². The van der Waals surface area contributed by atoms with E-state index in [1.165, 1.54) is 70.3 Å². The molecule has 35 heavy (non-hydrogen) atoms. The molecule has 0 spiro atoms. The maximum atomic E-state index is 3.73. The summed E-state index contributed by atoms with van der Waals surface area (Å²) in [7, 11) is 4.19. The molecule has 1 atom stereocenters. The van der Waals surface area contributed by atoms with Gasteiger partial charge in [-0.25, -0.2) is 0 Å².